The first-order valence-corrected chi connectivity index (χ1v) is 17.6. The lowest BCUT2D eigenvalue weighted by molar-refractivity contribution is -0.157. The minimum atomic E-state index is -3.46. The maximum absolute atomic E-state index is 14.3. The fourth-order valence-electron chi connectivity index (χ4n) is 6.46. The number of nitrogens with zero attached hydrogens (tertiary/aromatic N) is 4. The summed E-state index contributed by atoms with van der Waals surface area (Å²) < 4.78 is 25.9. The third-order valence-electron chi connectivity index (χ3n) is 8.63. The Morgan fingerprint density at radius 3 is 2.38 bits per heavy atom. The van der Waals surface area contributed by atoms with Gasteiger partial charge >= 0.3 is 6.03 Å². The van der Waals surface area contributed by atoms with E-state index in [1.165, 1.54) is 5.01 Å². The largest absolute Gasteiger partial charge is 0.333 e. The summed E-state index contributed by atoms with van der Waals surface area (Å²) in [4.78, 5) is 45.1. The summed E-state index contributed by atoms with van der Waals surface area (Å²) in [5, 5.41) is 8.29. The van der Waals surface area contributed by atoms with Crippen molar-refractivity contribution in [1.82, 2.24) is 25.1 Å². The number of piperazine rings is 1. The van der Waals surface area contributed by atoms with Crippen LogP contribution in [0.5, 0.6) is 0 Å². The molecule has 4 aromatic rings. The lowest BCUT2D eigenvalue weighted by atomic mass is 9.99. The first-order valence-electron chi connectivity index (χ1n) is 15.7. The van der Waals surface area contributed by atoms with Crippen LogP contribution in [0.3, 0.4) is 0 Å². The van der Waals surface area contributed by atoms with Crippen molar-refractivity contribution in [3.05, 3.63) is 126 Å². The Labute approximate surface area is 280 Å². The van der Waals surface area contributed by atoms with Crippen molar-refractivity contribution in [2.75, 3.05) is 30.6 Å². The number of rotatable bonds is 11. The van der Waals surface area contributed by atoms with Gasteiger partial charge in [-0.15, -0.1) is 6.58 Å². The summed E-state index contributed by atoms with van der Waals surface area (Å²) in [7, 11) is -3.46. The SMILES string of the molecule is C=CCN(C(=O)NCc1ccccc1)N1CC(=O)N2[C@@H](Cc3ccc(NS(C)(=O)=O)cc3)C(=O)N(Cc3cccc4ccccc34)C[C@@H]21. The van der Waals surface area contributed by atoms with Gasteiger partial charge in [0.2, 0.25) is 21.8 Å². The predicted molar refractivity (Wildman–Crippen MR) is 185 cm³/mol. The number of fused-ring (bicyclic) bond motifs is 2. The molecule has 2 aliphatic rings. The van der Waals surface area contributed by atoms with Gasteiger partial charge in [0, 0.05) is 25.2 Å². The van der Waals surface area contributed by atoms with Gasteiger partial charge in [-0.25, -0.2) is 13.2 Å². The van der Waals surface area contributed by atoms with Crippen molar-refractivity contribution in [2.45, 2.75) is 31.7 Å². The van der Waals surface area contributed by atoms with Crippen LogP contribution in [-0.4, -0.2) is 84.2 Å². The molecule has 0 bridgehead atoms. The number of benzene rings is 4. The molecule has 4 amide bonds. The van der Waals surface area contributed by atoms with Gasteiger partial charge in [0.1, 0.15) is 12.2 Å². The van der Waals surface area contributed by atoms with Gasteiger partial charge in [-0.3, -0.25) is 19.3 Å². The number of nitrogens with one attached hydrogen (secondary N) is 2. The fraction of sp³-hybridized carbons (Fsp3) is 0.250. The number of anilines is 1. The number of hydrazine groups is 1. The summed E-state index contributed by atoms with van der Waals surface area (Å²) in [6.07, 6.45) is 2.29. The Balaban J connectivity index is 1.31. The topological polar surface area (TPSA) is 122 Å². The molecule has 2 atom stereocenters. The van der Waals surface area contributed by atoms with Crippen LogP contribution in [0.4, 0.5) is 10.5 Å². The number of sulfonamides is 1. The van der Waals surface area contributed by atoms with E-state index in [0.29, 0.717) is 18.8 Å². The third-order valence-corrected chi connectivity index (χ3v) is 9.23. The molecule has 2 saturated heterocycles. The van der Waals surface area contributed by atoms with Crippen molar-refractivity contribution in [2.24, 2.45) is 0 Å². The summed E-state index contributed by atoms with van der Waals surface area (Å²) in [5.74, 6) is -0.458. The van der Waals surface area contributed by atoms with Gasteiger partial charge in [-0.05, 0) is 39.6 Å². The van der Waals surface area contributed by atoms with Crippen LogP contribution >= 0.6 is 0 Å². The first kappa shape index (κ1) is 32.7. The molecule has 0 saturated carbocycles. The van der Waals surface area contributed by atoms with Crippen LogP contribution in [0, 0.1) is 0 Å². The Bertz CT molecular complexity index is 1930. The van der Waals surface area contributed by atoms with Gasteiger partial charge in [0.25, 0.3) is 0 Å². The Morgan fingerprint density at radius 1 is 0.938 bits per heavy atom. The Hall–Kier alpha value is -5.20. The molecule has 0 aliphatic carbocycles. The number of hydrogen-bond donors (Lipinski definition) is 2. The summed E-state index contributed by atoms with van der Waals surface area (Å²) in [6.45, 7) is 4.76. The van der Waals surface area contributed by atoms with Crippen LogP contribution < -0.4 is 10.0 Å². The molecule has 0 spiro atoms. The van der Waals surface area contributed by atoms with Crippen LogP contribution in [0.15, 0.2) is 110 Å². The van der Waals surface area contributed by atoms with Crippen LogP contribution in [0.2, 0.25) is 0 Å². The summed E-state index contributed by atoms with van der Waals surface area (Å²) in [6, 6.07) is 29.1. The van der Waals surface area contributed by atoms with E-state index in [-0.39, 0.29) is 43.9 Å². The van der Waals surface area contributed by atoms with E-state index >= 15 is 0 Å². The smallest absolute Gasteiger partial charge is 0.332 e. The molecular weight excluding hydrogens is 629 g/mol. The zero-order chi connectivity index (χ0) is 33.8. The lowest BCUT2D eigenvalue weighted by Gasteiger charge is -2.46. The van der Waals surface area contributed by atoms with E-state index in [2.05, 4.69) is 16.6 Å². The molecule has 0 radical (unpaired) electrons. The maximum atomic E-state index is 14.3. The van der Waals surface area contributed by atoms with Gasteiger partial charge in [0.05, 0.1) is 25.9 Å². The molecule has 2 heterocycles. The highest BCUT2D eigenvalue weighted by atomic mass is 32.2. The maximum Gasteiger partial charge on any atom is 0.332 e. The molecule has 0 aromatic heterocycles. The van der Waals surface area contributed by atoms with Gasteiger partial charge in [-0.2, -0.15) is 5.01 Å². The minimum absolute atomic E-state index is 0.0830. The zero-order valence-electron chi connectivity index (χ0n) is 26.7. The minimum Gasteiger partial charge on any atom is -0.333 e. The van der Waals surface area contributed by atoms with Gasteiger partial charge in [0.15, 0.2) is 0 Å². The first-order chi connectivity index (χ1) is 23.1. The average Bonchev–Trinajstić information content (AvgIpc) is 3.40. The second-order valence-electron chi connectivity index (χ2n) is 12.0. The molecule has 11 nitrogen and oxygen atoms in total. The summed E-state index contributed by atoms with van der Waals surface area (Å²) >= 11 is 0. The van der Waals surface area contributed by atoms with Crippen molar-refractivity contribution in [3.8, 4) is 0 Å². The molecule has 2 aliphatic heterocycles. The average molecular weight is 667 g/mol. The molecule has 48 heavy (non-hydrogen) atoms. The highest BCUT2D eigenvalue weighted by Crippen LogP contribution is 2.31. The van der Waals surface area contributed by atoms with E-state index in [0.717, 1.165) is 33.7 Å². The van der Waals surface area contributed by atoms with Crippen molar-refractivity contribution in [3.63, 3.8) is 0 Å². The number of carbonyl (C=O) groups is 3. The van der Waals surface area contributed by atoms with Crippen LogP contribution in [0.25, 0.3) is 10.8 Å². The highest BCUT2D eigenvalue weighted by Gasteiger charge is 2.52. The molecule has 12 heteroatoms. The van der Waals surface area contributed by atoms with E-state index in [4.69, 9.17) is 0 Å². The number of amides is 4. The molecular formula is C36H38N6O5S. The third kappa shape index (κ3) is 7.19. The summed E-state index contributed by atoms with van der Waals surface area (Å²) in [5.41, 5.74) is 3.07. The van der Waals surface area contributed by atoms with E-state index in [1.807, 2.05) is 72.8 Å². The Kier molecular flexibility index (Phi) is 9.47. The van der Waals surface area contributed by atoms with Gasteiger partial charge < -0.3 is 15.1 Å². The molecule has 6 rings (SSSR count). The van der Waals surface area contributed by atoms with Crippen molar-refractivity contribution < 1.29 is 22.8 Å². The van der Waals surface area contributed by atoms with E-state index < -0.39 is 22.2 Å². The van der Waals surface area contributed by atoms with Crippen LogP contribution in [0.1, 0.15) is 16.7 Å². The van der Waals surface area contributed by atoms with Crippen LogP contribution in [-0.2, 0) is 39.1 Å². The Morgan fingerprint density at radius 2 is 1.65 bits per heavy atom. The molecule has 2 N–H and O–H groups in total. The lowest BCUT2D eigenvalue weighted by Crippen LogP contribution is -2.66. The number of hydrogen-bond acceptors (Lipinski definition) is 6. The zero-order valence-corrected chi connectivity index (χ0v) is 27.5. The quantitative estimate of drug-likeness (QED) is 0.234. The van der Waals surface area contributed by atoms with E-state index in [1.54, 1.807) is 45.2 Å². The fourth-order valence-corrected chi connectivity index (χ4v) is 7.03. The second kappa shape index (κ2) is 13.9. The second-order valence-corrected chi connectivity index (χ2v) is 13.8. The number of carbonyl (C=O) groups excluding carboxylic acids is 3. The van der Waals surface area contributed by atoms with Gasteiger partial charge in [-0.1, -0.05) is 91.0 Å². The molecule has 4 aromatic carbocycles. The number of urea groups is 1. The van der Waals surface area contributed by atoms with Crippen molar-refractivity contribution >= 4 is 44.3 Å². The monoisotopic (exact) mass is 666 g/mol. The highest BCUT2D eigenvalue weighted by molar-refractivity contribution is 7.92. The standard InChI is InChI=1S/C36H38N6O5S/c1-3-20-40(36(45)37-22-27-10-5-4-6-11-27)41-25-34(43)42-32(21-26-16-18-30(19-17-26)38-48(2,46)47)35(44)39(24-33(41)42)23-29-14-9-13-28-12-7-8-15-31(28)29/h3-19,32-33,38H,1,20-25H2,2H3,(H,37,45)/t32-,33+/m0/s1. The predicted octanol–water partition coefficient (Wildman–Crippen LogP) is 3.95. The molecule has 248 valence electrons. The van der Waals surface area contributed by atoms with E-state index in [9.17, 15) is 22.8 Å². The normalized spacial score (nSPS) is 18.1. The molecule has 0 unspecified atom stereocenters. The molecule has 2 fully saturated rings. The van der Waals surface area contributed by atoms with Crippen molar-refractivity contribution in [1.29, 1.82) is 0 Å².